The van der Waals surface area contributed by atoms with Crippen LogP contribution in [-0.2, 0) is 0 Å². The van der Waals surface area contributed by atoms with Crippen LogP contribution in [0.1, 0.15) is 20.7 Å². The van der Waals surface area contributed by atoms with Gasteiger partial charge in [0.05, 0.1) is 21.8 Å². The lowest BCUT2D eigenvalue weighted by Crippen LogP contribution is -2.15. The van der Waals surface area contributed by atoms with Gasteiger partial charge in [-0.15, -0.1) is 0 Å². The van der Waals surface area contributed by atoms with E-state index in [1.165, 1.54) is 18.2 Å². The normalized spacial score (nSPS) is 10.1. The van der Waals surface area contributed by atoms with Crippen LogP contribution in [0.15, 0.2) is 42.5 Å². The van der Waals surface area contributed by atoms with E-state index in [9.17, 15) is 9.59 Å². The number of carboxylic acid groups (broad SMARTS) is 1. The Labute approximate surface area is 124 Å². The molecule has 0 aliphatic carbocycles. The fourth-order valence-electron chi connectivity index (χ4n) is 1.64. The Kier molecular flexibility index (Phi) is 4.27. The summed E-state index contributed by atoms with van der Waals surface area (Å²) in [5.41, 5.74) is 0.329. The molecule has 0 aliphatic rings. The van der Waals surface area contributed by atoms with Gasteiger partial charge >= 0.3 is 5.97 Å². The van der Waals surface area contributed by atoms with E-state index < -0.39 is 11.9 Å². The number of anilines is 1. The smallest absolute Gasteiger partial charge is 0.337 e. The zero-order valence-corrected chi connectivity index (χ0v) is 11.6. The van der Waals surface area contributed by atoms with Gasteiger partial charge in [-0.2, -0.15) is 0 Å². The number of halogens is 2. The number of hydrogen-bond donors (Lipinski definition) is 2. The molecular weight excluding hydrogens is 301 g/mol. The molecule has 0 fully saturated rings. The molecule has 0 saturated carbocycles. The van der Waals surface area contributed by atoms with Crippen LogP contribution in [0.2, 0.25) is 10.0 Å². The van der Waals surface area contributed by atoms with Crippen LogP contribution in [0.3, 0.4) is 0 Å². The molecule has 20 heavy (non-hydrogen) atoms. The highest BCUT2D eigenvalue weighted by Gasteiger charge is 2.15. The van der Waals surface area contributed by atoms with Crippen molar-refractivity contribution in [3.05, 3.63) is 63.6 Å². The molecule has 4 nitrogen and oxygen atoms in total. The molecule has 6 heteroatoms. The summed E-state index contributed by atoms with van der Waals surface area (Å²) in [6, 6.07) is 10.6. The Morgan fingerprint density at radius 1 is 1.00 bits per heavy atom. The van der Waals surface area contributed by atoms with Gasteiger partial charge in [0.25, 0.3) is 5.91 Å². The lowest BCUT2D eigenvalue weighted by Gasteiger charge is -2.09. The summed E-state index contributed by atoms with van der Waals surface area (Å²) in [5, 5.41) is 12.2. The first-order valence-electron chi connectivity index (χ1n) is 5.58. The molecule has 0 bridgehead atoms. The molecule has 0 saturated heterocycles. The van der Waals surface area contributed by atoms with Crippen LogP contribution in [-0.4, -0.2) is 17.0 Å². The summed E-state index contributed by atoms with van der Waals surface area (Å²) in [6.07, 6.45) is 0. The van der Waals surface area contributed by atoms with E-state index in [4.69, 9.17) is 28.3 Å². The first-order valence-corrected chi connectivity index (χ1v) is 6.33. The SMILES string of the molecule is O=C(Nc1cc(Cl)ccc1C(=O)O)c1ccccc1Cl. The summed E-state index contributed by atoms with van der Waals surface area (Å²) >= 11 is 11.7. The van der Waals surface area contributed by atoms with Crippen molar-refractivity contribution < 1.29 is 14.7 Å². The molecule has 0 unspecified atom stereocenters. The zero-order valence-electron chi connectivity index (χ0n) is 10.1. The highest BCUT2D eigenvalue weighted by molar-refractivity contribution is 6.34. The molecule has 0 atom stereocenters. The van der Waals surface area contributed by atoms with Crippen molar-refractivity contribution in [2.24, 2.45) is 0 Å². The molecule has 0 heterocycles. The standard InChI is InChI=1S/C14H9Cl2NO3/c15-8-5-6-10(14(19)20)12(7-8)17-13(18)9-3-1-2-4-11(9)16/h1-7H,(H,17,18)(H,19,20). The van der Waals surface area contributed by atoms with E-state index in [2.05, 4.69) is 5.32 Å². The first kappa shape index (κ1) is 14.4. The van der Waals surface area contributed by atoms with Gasteiger partial charge in [-0.05, 0) is 30.3 Å². The van der Waals surface area contributed by atoms with Crippen LogP contribution in [0, 0.1) is 0 Å². The lowest BCUT2D eigenvalue weighted by molar-refractivity contribution is 0.0698. The van der Waals surface area contributed by atoms with Crippen molar-refractivity contribution >= 4 is 40.8 Å². The Balaban J connectivity index is 2.35. The molecule has 102 valence electrons. The molecule has 0 spiro atoms. The van der Waals surface area contributed by atoms with Crippen LogP contribution in [0.4, 0.5) is 5.69 Å². The average molecular weight is 310 g/mol. The molecule has 0 radical (unpaired) electrons. The minimum Gasteiger partial charge on any atom is -0.478 e. The molecule has 2 aromatic carbocycles. The molecule has 2 rings (SSSR count). The minimum atomic E-state index is -1.16. The molecule has 0 aliphatic heterocycles. The zero-order chi connectivity index (χ0) is 14.7. The molecule has 2 aromatic rings. The Hall–Kier alpha value is -2.04. The Bertz CT molecular complexity index is 686. The lowest BCUT2D eigenvalue weighted by atomic mass is 10.1. The number of benzene rings is 2. The van der Waals surface area contributed by atoms with E-state index in [0.717, 1.165) is 0 Å². The molecular formula is C14H9Cl2NO3. The van der Waals surface area contributed by atoms with Gasteiger partial charge in [-0.3, -0.25) is 4.79 Å². The van der Waals surface area contributed by atoms with Crippen molar-refractivity contribution in [3.63, 3.8) is 0 Å². The molecule has 0 aromatic heterocycles. The van der Waals surface area contributed by atoms with Gasteiger partial charge in [0, 0.05) is 5.02 Å². The third-order valence-electron chi connectivity index (χ3n) is 2.58. The summed E-state index contributed by atoms with van der Waals surface area (Å²) < 4.78 is 0. The highest BCUT2D eigenvalue weighted by atomic mass is 35.5. The van der Waals surface area contributed by atoms with E-state index >= 15 is 0 Å². The van der Waals surface area contributed by atoms with Crippen LogP contribution >= 0.6 is 23.2 Å². The summed E-state index contributed by atoms with van der Waals surface area (Å²) in [6.45, 7) is 0. The maximum atomic E-state index is 12.1. The topological polar surface area (TPSA) is 66.4 Å². The largest absolute Gasteiger partial charge is 0.478 e. The number of carboxylic acids is 1. The van der Waals surface area contributed by atoms with Gasteiger partial charge in [-0.1, -0.05) is 35.3 Å². The number of nitrogens with one attached hydrogen (secondary N) is 1. The van der Waals surface area contributed by atoms with Gasteiger partial charge in [0.2, 0.25) is 0 Å². The van der Waals surface area contributed by atoms with Crippen LogP contribution in [0.5, 0.6) is 0 Å². The highest BCUT2D eigenvalue weighted by Crippen LogP contribution is 2.23. The fourth-order valence-corrected chi connectivity index (χ4v) is 2.04. The second kappa shape index (κ2) is 5.94. The maximum Gasteiger partial charge on any atom is 0.337 e. The van der Waals surface area contributed by atoms with E-state index in [0.29, 0.717) is 5.02 Å². The quantitative estimate of drug-likeness (QED) is 0.902. The van der Waals surface area contributed by atoms with E-state index in [1.807, 2.05) is 0 Å². The van der Waals surface area contributed by atoms with Crippen molar-refractivity contribution in [1.29, 1.82) is 0 Å². The Morgan fingerprint density at radius 2 is 1.70 bits per heavy atom. The maximum absolute atomic E-state index is 12.1. The number of carbonyl (C=O) groups is 2. The van der Waals surface area contributed by atoms with Crippen molar-refractivity contribution in [1.82, 2.24) is 0 Å². The number of amides is 1. The minimum absolute atomic E-state index is 0.0465. The second-order valence-electron chi connectivity index (χ2n) is 3.93. The summed E-state index contributed by atoms with van der Waals surface area (Å²) in [7, 11) is 0. The second-order valence-corrected chi connectivity index (χ2v) is 4.77. The van der Waals surface area contributed by atoms with Gasteiger partial charge in [0.15, 0.2) is 0 Å². The molecule has 1 amide bonds. The van der Waals surface area contributed by atoms with Crippen molar-refractivity contribution in [2.75, 3.05) is 5.32 Å². The monoisotopic (exact) mass is 309 g/mol. The third-order valence-corrected chi connectivity index (χ3v) is 3.14. The van der Waals surface area contributed by atoms with Gasteiger partial charge in [0.1, 0.15) is 0 Å². The van der Waals surface area contributed by atoms with Crippen LogP contribution < -0.4 is 5.32 Å². The van der Waals surface area contributed by atoms with Crippen LogP contribution in [0.25, 0.3) is 0 Å². The van der Waals surface area contributed by atoms with E-state index in [-0.39, 0.29) is 21.8 Å². The first-order chi connectivity index (χ1) is 9.49. The summed E-state index contributed by atoms with van der Waals surface area (Å²) in [4.78, 5) is 23.2. The fraction of sp³-hybridized carbons (Fsp3) is 0. The van der Waals surface area contributed by atoms with Crippen molar-refractivity contribution in [3.8, 4) is 0 Å². The van der Waals surface area contributed by atoms with Gasteiger partial charge < -0.3 is 10.4 Å². The summed E-state index contributed by atoms with van der Waals surface area (Å²) in [5.74, 6) is -1.66. The predicted molar refractivity (Wildman–Crippen MR) is 77.8 cm³/mol. The van der Waals surface area contributed by atoms with Crippen molar-refractivity contribution in [2.45, 2.75) is 0 Å². The average Bonchev–Trinajstić information content (AvgIpc) is 2.38. The number of aromatic carboxylic acids is 1. The van der Waals surface area contributed by atoms with Gasteiger partial charge in [-0.25, -0.2) is 4.79 Å². The number of carbonyl (C=O) groups excluding carboxylic acids is 1. The molecule has 2 N–H and O–H groups in total. The predicted octanol–water partition coefficient (Wildman–Crippen LogP) is 3.94. The van der Waals surface area contributed by atoms with E-state index in [1.54, 1.807) is 24.3 Å². The Morgan fingerprint density at radius 3 is 2.35 bits per heavy atom. The number of rotatable bonds is 3. The third kappa shape index (κ3) is 3.10. The number of hydrogen-bond acceptors (Lipinski definition) is 2.